The zero-order chi connectivity index (χ0) is 27.5. The Kier molecular flexibility index (Phi) is 4.47. The number of benzene rings is 3. The third kappa shape index (κ3) is 2.57. The van der Waals surface area contributed by atoms with Gasteiger partial charge in [0.1, 0.15) is 11.4 Å². The Morgan fingerprint density at radius 1 is 0.975 bits per heavy atom. The van der Waals surface area contributed by atoms with Crippen LogP contribution in [0.25, 0.3) is 16.6 Å². The number of carbonyl (C=O) groups is 2. The summed E-state index contributed by atoms with van der Waals surface area (Å²) >= 11 is 0. The van der Waals surface area contributed by atoms with E-state index in [2.05, 4.69) is 4.90 Å². The normalized spacial score (nSPS) is 26.4. The lowest BCUT2D eigenvalue weighted by molar-refractivity contribution is -0.384. The van der Waals surface area contributed by atoms with Crippen molar-refractivity contribution in [2.24, 2.45) is 11.8 Å². The van der Waals surface area contributed by atoms with Gasteiger partial charge in [0, 0.05) is 23.7 Å². The molecular weight excluding hydrogens is 510 g/mol. The van der Waals surface area contributed by atoms with Crippen LogP contribution in [0, 0.1) is 28.9 Å². The fraction of sp³-hybridized carbons (Fsp3) is 0.267. The van der Waals surface area contributed by atoms with Crippen LogP contribution in [0.3, 0.4) is 0 Å². The number of hydrogen-bond acceptors (Lipinski definition) is 7. The Morgan fingerprint density at radius 3 is 2.58 bits per heavy atom. The molecule has 4 aliphatic rings. The van der Waals surface area contributed by atoms with Gasteiger partial charge in [0.15, 0.2) is 0 Å². The molecule has 4 atom stereocenters. The number of fused-ring (bicyclic) bond motifs is 11. The first-order valence-electron chi connectivity index (χ1n) is 13.4. The van der Waals surface area contributed by atoms with Crippen LogP contribution in [0.4, 0.5) is 11.4 Å². The molecule has 4 aromatic rings. The molecule has 0 radical (unpaired) electrons. The summed E-state index contributed by atoms with van der Waals surface area (Å²) in [6.45, 7) is 2.39. The number of nitro groups is 1. The van der Waals surface area contributed by atoms with E-state index >= 15 is 0 Å². The van der Waals surface area contributed by atoms with Gasteiger partial charge < -0.3 is 0 Å². The van der Waals surface area contributed by atoms with E-state index in [1.807, 2.05) is 30.3 Å². The Labute approximate surface area is 227 Å². The number of non-ortho nitro benzene ring substituents is 1. The van der Waals surface area contributed by atoms with Crippen molar-refractivity contribution >= 4 is 34.1 Å². The van der Waals surface area contributed by atoms with E-state index in [0.29, 0.717) is 34.5 Å². The highest BCUT2D eigenvalue weighted by atomic mass is 16.6. The summed E-state index contributed by atoms with van der Waals surface area (Å²) in [7, 11) is 0. The van der Waals surface area contributed by atoms with Gasteiger partial charge >= 0.3 is 0 Å². The van der Waals surface area contributed by atoms with Gasteiger partial charge in [0.05, 0.1) is 39.0 Å². The third-order valence-electron chi connectivity index (χ3n) is 9.28. The van der Waals surface area contributed by atoms with E-state index in [-0.39, 0.29) is 28.9 Å². The molecule has 1 spiro atoms. The molecule has 198 valence electrons. The minimum absolute atomic E-state index is 0.188. The topological polar surface area (TPSA) is 119 Å². The average Bonchev–Trinajstić information content (AvgIpc) is 3.67. The van der Waals surface area contributed by atoms with Crippen molar-refractivity contribution in [2.45, 2.75) is 31.3 Å². The van der Waals surface area contributed by atoms with Crippen molar-refractivity contribution in [1.82, 2.24) is 14.5 Å². The van der Waals surface area contributed by atoms with Crippen molar-refractivity contribution in [3.05, 3.63) is 104 Å². The van der Waals surface area contributed by atoms with Crippen molar-refractivity contribution < 1.29 is 14.5 Å². The monoisotopic (exact) mass is 533 g/mol. The highest BCUT2D eigenvalue weighted by Gasteiger charge is 2.73. The molecule has 1 aromatic heterocycles. The maximum absolute atomic E-state index is 14.6. The second-order valence-electron chi connectivity index (χ2n) is 11.0. The molecule has 8 rings (SSSR count). The number of para-hydroxylation sites is 2. The van der Waals surface area contributed by atoms with Crippen molar-refractivity contribution in [3.63, 3.8) is 0 Å². The molecule has 10 nitrogen and oxygen atoms in total. The van der Waals surface area contributed by atoms with Crippen LogP contribution in [0.1, 0.15) is 29.8 Å². The predicted octanol–water partition coefficient (Wildman–Crippen LogP) is 3.44. The zero-order valence-electron chi connectivity index (χ0n) is 21.5. The molecule has 0 bridgehead atoms. The first-order valence-corrected chi connectivity index (χ1v) is 13.4. The number of nitro benzene ring substituents is 1. The lowest BCUT2D eigenvalue weighted by Crippen LogP contribution is -2.51. The molecule has 4 aliphatic heterocycles. The first kappa shape index (κ1) is 23.2. The quantitative estimate of drug-likeness (QED) is 0.220. The molecule has 2 amide bonds. The van der Waals surface area contributed by atoms with E-state index in [1.54, 1.807) is 35.8 Å². The number of anilines is 1. The summed E-state index contributed by atoms with van der Waals surface area (Å²) in [5, 5.41) is 12.1. The number of amides is 2. The van der Waals surface area contributed by atoms with Crippen LogP contribution in [0.2, 0.25) is 0 Å². The van der Waals surface area contributed by atoms with E-state index < -0.39 is 28.2 Å². The van der Waals surface area contributed by atoms with Crippen LogP contribution in [0.15, 0.2) is 71.5 Å². The van der Waals surface area contributed by atoms with E-state index in [9.17, 15) is 24.5 Å². The number of nitrogens with zero attached hydrogens (tertiary/aromatic N) is 5. The highest BCUT2D eigenvalue weighted by molar-refractivity contribution is 6.23. The molecule has 0 N–H and O–H groups in total. The summed E-state index contributed by atoms with van der Waals surface area (Å²) in [6.07, 6.45) is 1.57. The van der Waals surface area contributed by atoms with Gasteiger partial charge in [-0.2, -0.15) is 0 Å². The number of aryl methyl sites for hydroxylation is 1. The molecule has 3 fully saturated rings. The number of hydrogen-bond donors (Lipinski definition) is 0. The molecule has 0 saturated carbocycles. The maximum atomic E-state index is 14.6. The van der Waals surface area contributed by atoms with E-state index in [4.69, 9.17) is 4.98 Å². The molecule has 0 aliphatic carbocycles. The van der Waals surface area contributed by atoms with Crippen molar-refractivity contribution in [3.8, 4) is 5.69 Å². The van der Waals surface area contributed by atoms with Crippen LogP contribution >= 0.6 is 0 Å². The number of rotatable bonds is 2. The first-order chi connectivity index (χ1) is 19.4. The predicted molar refractivity (Wildman–Crippen MR) is 145 cm³/mol. The average molecular weight is 534 g/mol. The fourth-order valence-corrected chi connectivity index (χ4v) is 7.80. The maximum Gasteiger partial charge on any atom is 0.271 e. The fourth-order valence-electron chi connectivity index (χ4n) is 7.80. The number of imide groups is 1. The van der Waals surface area contributed by atoms with Gasteiger partial charge in [0.25, 0.3) is 11.2 Å². The second-order valence-corrected chi connectivity index (χ2v) is 11.0. The molecule has 10 heteroatoms. The third-order valence-corrected chi connectivity index (χ3v) is 9.28. The molecule has 5 heterocycles. The SMILES string of the molecule is Cc1ccc([N+](=O)[O-])cc1N1C(=O)[C@H]2[C@@H](C1=O)[C@]1(c3ccccc3-n3c1nc1ccccc1c3=O)N1CCC[C@@H]21. The summed E-state index contributed by atoms with van der Waals surface area (Å²) in [5.41, 5.74) is 1.28. The zero-order valence-corrected chi connectivity index (χ0v) is 21.5. The van der Waals surface area contributed by atoms with Gasteiger partial charge in [-0.25, -0.2) is 9.88 Å². The summed E-state index contributed by atoms with van der Waals surface area (Å²) < 4.78 is 1.62. The number of carbonyl (C=O) groups excluding carboxylic acids is 2. The van der Waals surface area contributed by atoms with Gasteiger partial charge in [-0.1, -0.05) is 36.4 Å². The smallest absolute Gasteiger partial charge is 0.271 e. The standard InChI is InChI=1S/C30H23N5O5/c1-16-12-13-17(35(39)40)15-23(16)33-27(37)24-22-11-6-14-32(22)30(25(24)28(33)38)19-8-3-5-10-21(19)34-26(36)18-7-2-4-9-20(18)31-29(30)34/h2-5,7-10,12-13,15,22,24-25H,6,11,14H2,1H3/t22-,24+,25-,30-/m0/s1. The summed E-state index contributed by atoms with van der Waals surface area (Å²) in [6, 6.07) is 18.7. The largest absolute Gasteiger partial charge is 0.283 e. The molecular formula is C30H23N5O5. The minimum Gasteiger partial charge on any atom is -0.283 e. The Bertz CT molecular complexity index is 1900. The van der Waals surface area contributed by atoms with Gasteiger partial charge in [-0.3, -0.25) is 34.0 Å². The molecule has 0 unspecified atom stereocenters. The Balaban J connectivity index is 1.43. The van der Waals surface area contributed by atoms with Gasteiger partial charge in [-0.05, 0) is 50.1 Å². The molecule has 3 saturated heterocycles. The van der Waals surface area contributed by atoms with E-state index in [0.717, 1.165) is 23.3 Å². The lowest BCUT2D eigenvalue weighted by atomic mass is 9.75. The van der Waals surface area contributed by atoms with Gasteiger partial charge in [-0.15, -0.1) is 0 Å². The molecule has 3 aromatic carbocycles. The highest BCUT2D eigenvalue weighted by Crippen LogP contribution is 2.62. The number of aromatic nitrogens is 2. The molecule has 40 heavy (non-hydrogen) atoms. The van der Waals surface area contributed by atoms with Gasteiger partial charge in [0.2, 0.25) is 11.8 Å². The minimum atomic E-state index is -1.12. The van der Waals surface area contributed by atoms with Crippen molar-refractivity contribution in [1.29, 1.82) is 0 Å². The lowest BCUT2D eigenvalue weighted by Gasteiger charge is -2.38. The van der Waals surface area contributed by atoms with Crippen molar-refractivity contribution in [2.75, 3.05) is 11.4 Å². The van der Waals surface area contributed by atoms with Crippen LogP contribution in [-0.4, -0.2) is 43.8 Å². The second kappa shape index (κ2) is 7.70. The summed E-state index contributed by atoms with van der Waals surface area (Å²) in [5.74, 6) is -1.83. The van der Waals surface area contributed by atoms with E-state index in [1.165, 1.54) is 12.1 Å². The Hall–Kier alpha value is -4.70. The van der Waals surface area contributed by atoms with Crippen LogP contribution in [0.5, 0.6) is 0 Å². The van der Waals surface area contributed by atoms with Crippen LogP contribution in [-0.2, 0) is 15.1 Å². The summed E-state index contributed by atoms with van der Waals surface area (Å²) in [4.78, 5) is 62.3. The van der Waals surface area contributed by atoms with Crippen LogP contribution < -0.4 is 10.5 Å². The Morgan fingerprint density at radius 2 is 1.75 bits per heavy atom.